The zero-order valence-corrected chi connectivity index (χ0v) is 18.6. The number of hydrogen-bond acceptors (Lipinski definition) is 7. The molecule has 36 heavy (non-hydrogen) atoms. The van der Waals surface area contributed by atoms with Gasteiger partial charge in [0.25, 0.3) is 11.8 Å². The Kier molecular flexibility index (Phi) is 5.83. The molecule has 0 aliphatic carbocycles. The molecule has 2 N–H and O–H groups in total. The maximum absolute atomic E-state index is 13.1. The largest absolute Gasteiger partial charge is 0.489 e. The van der Waals surface area contributed by atoms with E-state index in [0.29, 0.717) is 28.4 Å². The second-order valence-electron chi connectivity index (χ2n) is 7.86. The summed E-state index contributed by atoms with van der Waals surface area (Å²) in [5.41, 5.74) is 1.41. The molecule has 0 spiro atoms. The van der Waals surface area contributed by atoms with Gasteiger partial charge in [-0.05, 0) is 53.6 Å². The van der Waals surface area contributed by atoms with Gasteiger partial charge in [0.1, 0.15) is 17.9 Å². The molecule has 10 nitrogen and oxygen atoms in total. The Morgan fingerprint density at radius 2 is 1.78 bits per heavy atom. The van der Waals surface area contributed by atoms with E-state index in [1.54, 1.807) is 42.5 Å². The molecule has 3 aromatic carbocycles. The Morgan fingerprint density at radius 1 is 1.00 bits per heavy atom. The van der Waals surface area contributed by atoms with E-state index >= 15 is 0 Å². The topological polar surface area (TPSA) is 131 Å². The molecule has 1 saturated heterocycles. The van der Waals surface area contributed by atoms with Gasteiger partial charge in [-0.2, -0.15) is 0 Å². The maximum Gasteiger partial charge on any atom is 0.335 e. The second kappa shape index (κ2) is 9.26. The third-order valence-corrected chi connectivity index (χ3v) is 5.49. The van der Waals surface area contributed by atoms with E-state index in [4.69, 9.17) is 19.3 Å². The van der Waals surface area contributed by atoms with Gasteiger partial charge in [0, 0.05) is 6.07 Å². The number of aromatic carboxylic acids is 1. The van der Waals surface area contributed by atoms with Crippen molar-refractivity contribution in [1.29, 1.82) is 0 Å². The predicted molar refractivity (Wildman–Crippen MR) is 126 cm³/mol. The Hall–Kier alpha value is -5.12. The monoisotopic (exact) mass is 486 g/mol. The third-order valence-electron chi connectivity index (χ3n) is 5.49. The molecular formula is C26H18N2O8. The minimum absolute atomic E-state index is 0.0387. The molecular weight excluding hydrogens is 468 g/mol. The van der Waals surface area contributed by atoms with Gasteiger partial charge >= 0.3 is 12.0 Å². The second-order valence-corrected chi connectivity index (χ2v) is 7.86. The number of nitrogens with one attached hydrogen (secondary N) is 1. The lowest BCUT2D eigenvalue weighted by Gasteiger charge is -2.26. The molecule has 4 amide bonds. The Bertz CT molecular complexity index is 1430. The number of carbonyl (C=O) groups excluding carboxylic acids is 3. The molecule has 5 rings (SSSR count). The number of barbiturate groups is 1. The fourth-order valence-electron chi connectivity index (χ4n) is 3.70. The number of carboxylic acid groups (broad SMARTS) is 1. The van der Waals surface area contributed by atoms with E-state index in [2.05, 4.69) is 5.32 Å². The van der Waals surface area contributed by atoms with Crippen LogP contribution in [0, 0.1) is 0 Å². The number of anilines is 1. The standard InChI is InChI=1S/C26H18N2O8/c29-23-20(24(30)28(26(33)27-23)18-6-9-21-22(12-18)36-14-35-21)11-15-4-7-19(8-5-15)34-13-16-2-1-3-17(10-16)25(31)32/h1-12H,13-14H2,(H,31,32)(H,27,29,33)/b20-11+. The van der Waals surface area contributed by atoms with E-state index in [0.717, 1.165) is 4.90 Å². The summed E-state index contributed by atoms with van der Waals surface area (Å²) in [7, 11) is 0. The van der Waals surface area contributed by atoms with Gasteiger partial charge in [0.15, 0.2) is 11.5 Å². The number of benzene rings is 3. The number of hydrogen-bond donors (Lipinski definition) is 2. The predicted octanol–water partition coefficient (Wildman–Crippen LogP) is 3.36. The van der Waals surface area contributed by atoms with Crippen LogP contribution in [0.5, 0.6) is 17.2 Å². The van der Waals surface area contributed by atoms with Crippen LogP contribution in [0.4, 0.5) is 10.5 Å². The van der Waals surface area contributed by atoms with E-state index < -0.39 is 23.8 Å². The number of carbonyl (C=O) groups is 4. The molecule has 1 fully saturated rings. The molecule has 0 radical (unpaired) electrons. The van der Waals surface area contributed by atoms with Crippen LogP contribution in [-0.2, 0) is 16.2 Å². The van der Waals surface area contributed by atoms with E-state index in [1.165, 1.54) is 30.3 Å². The van der Waals surface area contributed by atoms with Gasteiger partial charge in [-0.25, -0.2) is 14.5 Å². The molecule has 0 aromatic heterocycles. The lowest BCUT2D eigenvalue weighted by atomic mass is 10.1. The van der Waals surface area contributed by atoms with Gasteiger partial charge in [-0.1, -0.05) is 24.3 Å². The van der Waals surface area contributed by atoms with Crippen molar-refractivity contribution < 1.29 is 38.5 Å². The smallest absolute Gasteiger partial charge is 0.335 e. The molecule has 3 aromatic rings. The van der Waals surface area contributed by atoms with E-state index in [-0.39, 0.29) is 30.2 Å². The van der Waals surface area contributed by atoms with Crippen molar-refractivity contribution >= 4 is 35.6 Å². The molecule has 2 heterocycles. The lowest BCUT2D eigenvalue weighted by Crippen LogP contribution is -2.54. The highest BCUT2D eigenvalue weighted by Crippen LogP contribution is 2.36. The summed E-state index contributed by atoms with van der Waals surface area (Å²) in [5, 5.41) is 11.3. The molecule has 0 bridgehead atoms. The summed E-state index contributed by atoms with van der Waals surface area (Å²) >= 11 is 0. The first-order valence-electron chi connectivity index (χ1n) is 10.8. The average Bonchev–Trinajstić information content (AvgIpc) is 3.34. The Balaban J connectivity index is 1.32. The highest BCUT2D eigenvalue weighted by atomic mass is 16.7. The van der Waals surface area contributed by atoms with Crippen molar-refractivity contribution in [1.82, 2.24) is 5.32 Å². The zero-order valence-electron chi connectivity index (χ0n) is 18.6. The molecule has 0 saturated carbocycles. The van der Waals surface area contributed by atoms with Crippen molar-refractivity contribution in [2.24, 2.45) is 0 Å². The summed E-state index contributed by atoms with van der Waals surface area (Å²) in [5.74, 6) is -1.21. The fraction of sp³-hybridized carbons (Fsp3) is 0.0769. The number of ether oxygens (including phenoxy) is 3. The first-order valence-corrected chi connectivity index (χ1v) is 10.8. The SMILES string of the molecule is O=C1NC(=O)N(c2ccc3c(c2)OCO3)C(=O)/C1=C/c1ccc(OCc2cccc(C(=O)O)c2)cc1. The summed E-state index contributed by atoms with van der Waals surface area (Å²) in [4.78, 5) is 49.9. The minimum Gasteiger partial charge on any atom is -0.489 e. The molecule has 2 aliphatic rings. The van der Waals surface area contributed by atoms with Crippen molar-refractivity contribution in [3.05, 3.63) is 89.0 Å². The first-order chi connectivity index (χ1) is 17.4. The first kappa shape index (κ1) is 22.7. The van der Waals surface area contributed by atoms with Gasteiger partial charge in [0.2, 0.25) is 6.79 Å². The lowest BCUT2D eigenvalue weighted by molar-refractivity contribution is -0.122. The van der Waals surface area contributed by atoms with Crippen LogP contribution < -0.4 is 24.4 Å². The highest BCUT2D eigenvalue weighted by molar-refractivity contribution is 6.39. The normalized spacial score (nSPS) is 15.7. The van der Waals surface area contributed by atoms with Crippen LogP contribution in [0.25, 0.3) is 6.08 Å². The Labute approximate surface area is 204 Å². The third kappa shape index (κ3) is 4.47. The van der Waals surface area contributed by atoms with Gasteiger partial charge in [-0.15, -0.1) is 0 Å². The number of urea groups is 1. The van der Waals surface area contributed by atoms with Crippen LogP contribution >= 0.6 is 0 Å². The summed E-state index contributed by atoms with van der Waals surface area (Å²) in [6.45, 7) is 0.200. The maximum atomic E-state index is 13.1. The van der Waals surface area contributed by atoms with Crippen molar-refractivity contribution in [3.63, 3.8) is 0 Å². The number of imide groups is 2. The van der Waals surface area contributed by atoms with E-state index in [1.807, 2.05) is 0 Å². The molecule has 0 atom stereocenters. The molecule has 180 valence electrons. The van der Waals surface area contributed by atoms with Crippen LogP contribution in [0.2, 0.25) is 0 Å². The zero-order chi connectivity index (χ0) is 25.2. The molecule has 0 unspecified atom stereocenters. The quantitative estimate of drug-likeness (QED) is 0.401. The number of amides is 4. The summed E-state index contributed by atoms with van der Waals surface area (Å²) < 4.78 is 16.3. The van der Waals surface area contributed by atoms with E-state index in [9.17, 15) is 19.2 Å². The highest BCUT2D eigenvalue weighted by Gasteiger charge is 2.37. The van der Waals surface area contributed by atoms with Crippen molar-refractivity contribution in [2.75, 3.05) is 11.7 Å². The van der Waals surface area contributed by atoms with Gasteiger partial charge in [0.05, 0.1) is 11.3 Å². The average molecular weight is 486 g/mol. The number of nitrogens with zero attached hydrogens (tertiary/aromatic N) is 1. The van der Waals surface area contributed by atoms with Crippen molar-refractivity contribution in [3.8, 4) is 17.2 Å². The molecule has 2 aliphatic heterocycles. The van der Waals surface area contributed by atoms with Crippen LogP contribution in [0.1, 0.15) is 21.5 Å². The minimum atomic E-state index is -1.02. The number of carboxylic acids is 1. The Morgan fingerprint density at radius 3 is 2.56 bits per heavy atom. The number of rotatable bonds is 6. The van der Waals surface area contributed by atoms with Crippen LogP contribution in [0.15, 0.2) is 72.3 Å². The van der Waals surface area contributed by atoms with Crippen molar-refractivity contribution in [2.45, 2.75) is 6.61 Å². The van der Waals surface area contributed by atoms with Gasteiger partial charge in [-0.3, -0.25) is 14.9 Å². The molecule has 10 heteroatoms. The van der Waals surface area contributed by atoms with Crippen LogP contribution in [0.3, 0.4) is 0 Å². The summed E-state index contributed by atoms with van der Waals surface area (Å²) in [6, 6.07) is 16.8. The fourth-order valence-corrected chi connectivity index (χ4v) is 3.70. The summed E-state index contributed by atoms with van der Waals surface area (Å²) in [6.07, 6.45) is 1.38. The number of fused-ring (bicyclic) bond motifs is 1. The van der Waals surface area contributed by atoms with Gasteiger partial charge < -0.3 is 19.3 Å². The van der Waals surface area contributed by atoms with Crippen LogP contribution in [-0.4, -0.2) is 35.7 Å².